The second-order valence-electron chi connectivity index (χ2n) is 5.42. The highest BCUT2D eigenvalue weighted by Gasteiger charge is 2.12. The van der Waals surface area contributed by atoms with Crippen LogP contribution >= 0.6 is 0 Å². The molecule has 112 valence electrons. The summed E-state index contributed by atoms with van der Waals surface area (Å²) in [6.45, 7) is 9.82. The van der Waals surface area contributed by atoms with Crippen LogP contribution in [0.4, 0.5) is 11.4 Å². The van der Waals surface area contributed by atoms with E-state index in [9.17, 15) is 10.1 Å². The summed E-state index contributed by atoms with van der Waals surface area (Å²) in [6.07, 6.45) is 0.871. The summed E-state index contributed by atoms with van der Waals surface area (Å²) in [6, 6.07) is 4.83. The molecule has 0 radical (unpaired) electrons. The van der Waals surface area contributed by atoms with Gasteiger partial charge in [0.1, 0.15) is 5.75 Å². The van der Waals surface area contributed by atoms with E-state index in [1.807, 2.05) is 13.0 Å². The summed E-state index contributed by atoms with van der Waals surface area (Å²) in [7, 11) is 0. The lowest BCUT2D eigenvalue weighted by molar-refractivity contribution is -0.384. The molecule has 0 heterocycles. The van der Waals surface area contributed by atoms with Crippen LogP contribution in [0.2, 0.25) is 0 Å². The Morgan fingerprint density at radius 2 is 2.00 bits per heavy atom. The molecule has 1 N–H and O–H groups in total. The molecule has 0 aliphatic rings. The lowest BCUT2D eigenvalue weighted by atomic mass is 9.98. The number of nitro benzene ring substituents is 1. The second-order valence-corrected chi connectivity index (χ2v) is 5.42. The van der Waals surface area contributed by atoms with Gasteiger partial charge in [-0.1, -0.05) is 27.7 Å². The molecule has 0 fully saturated rings. The zero-order chi connectivity index (χ0) is 15.1. The molecule has 0 aromatic heterocycles. The van der Waals surface area contributed by atoms with E-state index < -0.39 is 4.92 Å². The first-order valence-electron chi connectivity index (χ1n) is 7.10. The van der Waals surface area contributed by atoms with E-state index in [4.69, 9.17) is 4.74 Å². The maximum Gasteiger partial charge on any atom is 0.275 e. The maximum absolute atomic E-state index is 10.9. The highest BCUT2D eigenvalue weighted by Crippen LogP contribution is 2.26. The van der Waals surface area contributed by atoms with Gasteiger partial charge in [-0.3, -0.25) is 10.1 Å². The zero-order valence-corrected chi connectivity index (χ0v) is 12.7. The molecule has 5 heteroatoms. The summed E-state index contributed by atoms with van der Waals surface area (Å²) in [5.41, 5.74) is 0.788. The number of nitrogens with zero attached hydrogens (tertiary/aromatic N) is 1. The third-order valence-corrected chi connectivity index (χ3v) is 3.34. The van der Waals surface area contributed by atoms with Crippen molar-refractivity contribution in [3.05, 3.63) is 28.3 Å². The van der Waals surface area contributed by atoms with Gasteiger partial charge < -0.3 is 10.1 Å². The van der Waals surface area contributed by atoms with Crippen LogP contribution in [0.1, 0.15) is 34.1 Å². The Kier molecular flexibility index (Phi) is 6.28. The Hall–Kier alpha value is -1.78. The van der Waals surface area contributed by atoms with Crippen LogP contribution < -0.4 is 10.1 Å². The first kappa shape index (κ1) is 16.3. The van der Waals surface area contributed by atoms with Gasteiger partial charge in [-0.25, -0.2) is 0 Å². The van der Waals surface area contributed by atoms with Crippen LogP contribution in [0, 0.1) is 22.0 Å². The van der Waals surface area contributed by atoms with Crippen molar-refractivity contribution in [3.8, 4) is 5.75 Å². The summed E-state index contributed by atoms with van der Waals surface area (Å²) in [5, 5.41) is 14.2. The highest BCUT2D eigenvalue weighted by atomic mass is 16.6. The SMILES string of the molecule is CCCOc1cc(NCC(C)C(C)C)cc([N+](=O)[O-])c1. The number of nitro groups is 1. The lowest BCUT2D eigenvalue weighted by Crippen LogP contribution is -2.16. The summed E-state index contributed by atoms with van der Waals surface area (Å²) in [4.78, 5) is 10.6. The Labute approximate surface area is 120 Å². The standard InChI is InChI=1S/C15H24N2O3/c1-5-6-20-15-8-13(7-14(9-15)17(18)19)16-10-12(4)11(2)3/h7-9,11-12,16H,5-6,10H2,1-4H3. The maximum atomic E-state index is 10.9. The molecular weight excluding hydrogens is 256 g/mol. The minimum Gasteiger partial charge on any atom is -0.493 e. The quantitative estimate of drug-likeness (QED) is 0.575. The molecule has 0 saturated heterocycles. The Balaban J connectivity index is 2.82. The lowest BCUT2D eigenvalue weighted by Gasteiger charge is -2.17. The number of hydrogen-bond donors (Lipinski definition) is 1. The van der Waals surface area contributed by atoms with E-state index in [-0.39, 0.29) is 5.69 Å². The molecular formula is C15H24N2O3. The fraction of sp³-hybridized carbons (Fsp3) is 0.600. The third-order valence-electron chi connectivity index (χ3n) is 3.34. The van der Waals surface area contributed by atoms with Crippen molar-refractivity contribution in [3.63, 3.8) is 0 Å². The summed E-state index contributed by atoms with van der Waals surface area (Å²) >= 11 is 0. The first-order chi connectivity index (χ1) is 9.43. The van der Waals surface area contributed by atoms with Gasteiger partial charge in [-0.15, -0.1) is 0 Å². The number of ether oxygens (including phenoxy) is 1. The van der Waals surface area contributed by atoms with Crippen molar-refractivity contribution in [1.29, 1.82) is 0 Å². The molecule has 20 heavy (non-hydrogen) atoms. The van der Waals surface area contributed by atoms with Crippen LogP contribution in [-0.4, -0.2) is 18.1 Å². The predicted molar refractivity (Wildman–Crippen MR) is 81.4 cm³/mol. The average molecular weight is 280 g/mol. The molecule has 1 rings (SSSR count). The van der Waals surface area contributed by atoms with Crippen LogP contribution in [0.25, 0.3) is 0 Å². The molecule has 0 bridgehead atoms. The summed E-state index contributed by atoms with van der Waals surface area (Å²) in [5.74, 6) is 1.60. The monoisotopic (exact) mass is 280 g/mol. The van der Waals surface area contributed by atoms with Crippen LogP contribution in [0.3, 0.4) is 0 Å². The fourth-order valence-electron chi connectivity index (χ4n) is 1.61. The normalized spacial score (nSPS) is 12.2. The Morgan fingerprint density at radius 1 is 1.30 bits per heavy atom. The smallest absolute Gasteiger partial charge is 0.275 e. The zero-order valence-electron chi connectivity index (χ0n) is 12.7. The van der Waals surface area contributed by atoms with Crippen LogP contribution in [0.15, 0.2) is 18.2 Å². The van der Waals surface area contributed by atoms with E-state index in [0.29, 0.717) is 24.2 Å². The topological polar surface area (TPSA) is 64.4 Å². The second kappa shape index (κ2) is 7.72. The van der Waals surface area contributed by atoms with Gasteiger partial charge in [0.25, 0.3) is 5.69 Å². The van der Waals surface area contributed by atoms with Crippen molar-refractivity contribution in [2.45, 2.75) is 34.1 Å². The number of anilines is 1. The van der Waals surface area contributed by atoms with E-state index in [2.05, 4.69) is 26.1 Å². The molecule has 0 spiro atoms. The average Bonchev–Trinajstić information content (AvgIpc) is 2.42. The van der Waals surface area contributed by atoms with Crippen molar-refractivity contribution in [2.75, 3.05) is 18.5 Å². The number of hydrogen-bond acceptors (Lipinski definition) is 4. The van der Waals surface area contributed by atoms with Gasteiger partial charge in [-0.2, -0.15) is 0 Å². The van der Waals surface area contributed by atoms with Crippen LogP contribution in [-0.2, 0) is 0 Å². The van der Waals surface area contributed by atoms with Gasteiger partial charge in [0.05, 0.1) is 17.6 Å². The molecule has 1 aromatic carbocycles. The van der Waals surface area contributed by atoms with E-state index in [0.717, 1.165) is 18.7 Å². The molecule has 1 atom stereocenters. The summed E-state index contributed by atoms with van der Waals surface area (Å²) < 4.78 is 5.50. The highest BCUT2D eigenvalue weighted by molar-refractivity contribution is 5.56. The number of nitrogens with one attached hydrogen (secondary N) is 1. The number of rotatable bonds is 8. The van der Waals surface area contributed by atoms with Gasteiger partial charge >= 0.3 is 0 Å². The number of non-ortho nitro benzene ring substituents is 1. The van der Waals surface area contributed by atoms with Crippen LogP contribution in [0.5, 0.6) is 5.75 Å². The van der Waals surface area contributed by atoms with Crippen molar-refractivity contribution in [1.82, 2.24) is 0 Å². The third kappa shape index (κ3) is 5.07. The fourth-order valence-corrected chi connectivity index (χ4v) is 1.61. The Morgan fingerprint density at radius 3 is 2.55 bits per heavy atom. The molecule has 1 aromatic rings. The molecule has 0 saturated carbocycles. The van der Waals surface area contributed by atoms with E-state index in [1.54, 1.807) is 6.07 Å². The van der Waals surface area contributed by atoms with E-state index in [1.165, 1.54) is 6.07 Å². The van der Waals surface area contributed by atoms with Gasteiger partial charge in [0.15, 0.2) is 0 Å². The Bertz CT molecular complexity index is 447. The van der Waals surface area contributed by atoms with E-state index >= 15 is 0 Å². The minimum atomic E-state index is -0.393. The van der Waals surface area contributed by atoms with Gasteiger partial charge in [-0.05, 0) is 18.3 Å². The largest absolute Gasteiger partial charge is 0.493 e. The van der Waals surface area contributed by atoms with Crippen molar-refractivity contribution in [2.24, 2.45) is 11.8 Å². The van der Waals surface area contributed by atoms with Gasteiger partial charge in [0, 0.05) is 24.4 Å². The first-order valence-corrected chi connectivity index (χ1v) is 7.10. The molecule has 1 unspecified atom stereocenters. The minimum absolute atomic E-state index is 0.0540. The molecule has 0 aliphatic carbocycles. The number of benzene rings is 1. The molecule has 0 aliphatic heterocycles. The molecule has 5 nitrogen and oxygen atoms in total. The molecule has 0 amide bonds. The van der Waals surface area contributed by atoms with Crippen molar-refractivity contribution >= 4 is 11.4 Å². The van der Waals surface area contributed by atoms with Gasteiger partial charge in [0.2, 0.25) is 0 Å². The van der Waals surface area contributed by atoms with Crippen molar-refractivity contribution < 1.29 is 9.66 Å². The predicted octanol–water partition coefficient (Wildman–Crippen LogP) is 4.09.